The van der Waals surface area contributed by atoms with Crippen LogP contribution in [0.25, 0.3) is 0 Å². The van der Waals surface area contributed by atoms with E-state index < -0.39 is 0 Å². The van der Waals surface area contributed by atoms with Crippen molar-refractivity contribution >= 4 is 11.9 Å². The molecule has 0 aliphatic rings. The minimum absolute atomic E-state index is 0.152. The van der Waals surface area contributed by atoms with Gasteiger partial charge in [-0.2, -0.15) is 0 Å². The third kappa shape index (κ3) is 6.78. The molecule has 0 radical (unpaired) electrons. The van der Waals surface area contributed by atoms with E-state index in [-0.39, 0.29) is 17.9 Å². The van der Waals surface area contributed by atoms with Gasteiger partial charge in [-0.15, -0.1) is 0 Å². The van der Waals surface area contributed by atoms with Crippen molar-refractivity contribution in [1.29, 1.82) is 0 Å². The van der Waals surface area contributed by atoms with E-state index in [9.17, 15) is 4.79 Å². The number of esters is 1. The Bertz CT molecular complexity index is 256. The van der Waals surface area contributed by atoms with Gasteiger partial charge in [0.25, 0.3) is 0 Å². The van der Waals surface area contributed by atoms with E-state index in [1.54, 1.807) is 21.1 Å². The predicted molar refractivity (Wildman–Crippen MR) is 67.0 cm³/mol. The first-order valence-corrected chi connectivity index (χ1v) is 5.59. The van der Waals surface area contributed by atoms with Crippen molar-refractivity contribution in [1.82, 2.24) is 10.6 Å². The molecule has 6 heteroatoms. The van der Waals surface area contributed by atoms with Gasteiger partial charge in [-0.05, 0) is 6.92 Å². The second kappa shape index (κ2) is 8.81. The Kier molecular flexibility index (Phi) is 8.13. The molecule has 0 aromatic carbocycles. The van der Waals surface area contributed by atoms with Crippen LogP contribution in [0.15, 0.2) is 4.99 Å². The van der Waals surface area contributed by atoms with E-state index in [4.69, 9.17) is 4.74 Å². The number of aliphatic imine (C=N–C) groups is 1. The van der Waals surface area contributed by atoms with E-state index in [1.165, 1.54) is 7.11 Å². The van der Waals surface area contributed by atoms with Gasteiger partial charge in [-0.1, -0.05) is 6.92 Å². The monoisotopic (exact) mass is 245 g/mol. The number of rotatable bonds is 6. The number of hydrogen-bond donors (Lipinski definition) is 2. The standard InChI is InChI=1S/C11H23N3O3/c1-8(10(15)17-5)6-13-11(12-3)14-9(2)7-16-4/h8-9H,6-7H2,1-5H3,(H2,12,13,14). The fourth-order valence-electron chi connectivity index (χ4n) is 1.25. The predicted octanol–water partition coefficient (Wildman–Crippen LogP) is -0.00460. The molecule has 0 bridgehead atoms. The SMILES string of the molecule is CN=C(NCC(C)C(=O)OC)NC(C)COC. The molecule has 0 aliphatic carbocycles. The first-order valence-electron chi connectivity index (χ1n) is 5.59. The highest BCUT2D eigenvalue weighted by Gasteiger charge is 2.13. The van der Waals surface area contributed by atoms with Crippen LogP contribution in [0, 0.1) is 5.92 Å². The average Bonchev–Trinajstić information content (AvgIpc) is 2.33. The number of nitrogens with zero attached hydrogens (tertiary/aromatic N) is 1. The van der Waals surface area contributed by atoms with Gasteiger partial charge in [-0.3, -0.25) is 9.79 Å². The van der Waals surface area contributed by atoms with Crippen LogP contribution in [0.5, 0.6) is 0 Å². The Morgan fingerprint density at radius 2 is 2.00 bits per heavy atom. The summed E-state index contributed by atoms with van der Waals surface area (Å²) in [6.07, 6.45) is 0. The molecule has 0 rings (SSSR count). The lowest BCUT2D eigenvalue weighted by Crippen LogP contribution is -2.45. The summed E-state index contributed by atoms with van der Waals surface area (Å²) < 4.78 is 9.65. The number of carbonyl (C=O) groups is 1. The highest BCUT2D eigenvalue weighted by atomic mass is 16.5. The molecule has 0 aromatic rings. The molecule has 0 amide bonds. The van der Waals surface area contributed by atoms with Crippen molar-refractivity contribution in [3.8, 4) is 0 Å². The topological polar surface area (TPSA) is 72.0 Å². The number of guanidine groups is 1. The molecule has 2 atom stereocenters. The van der Waals surface area contributed by atoms with Gasteiger partial charge in [0.15, 0.2) is 5.96 Å². The minimum Gasteiger partial charge on any atom is -0.469 e. The van der Waals surface area contributed by atoms with Gasteiger partial charge < -0.3 is 20.1 Å². The molecule has 0 aliphatic heterocycles. The molecule has 100 valence electrons. The lowest BCUT2D eigenvalue weighted by atomic mass is 10.2. The van der Waals surface area contributed by atoms with E-state index in [0.717, 1.165) is 0 Å². The molecule has 0 heterocycles. The molecule has 0 saturated carbocycles. The van der Waals surface area contributed by atoms with Crippen LogP contribution in [0.4, 0.5) is 0 Å². The number of ether oxygens (including phenoxy) is 2. The molecular weight excluding hydrogens is 222 g/mol. The first-order chi connectivity index (χ1) is 8.04. The molecule has 0 spiro atoms. The summed E-state index contributed by atoms with van der Waals surface area (Å²) in [5.74, 6) is 0.194. The number of methoxy groups -OCH3 is 2. The summed E-state index contributed by atoms with van der Waals surface area (Å²) in [6.45, 7) is 4.85. The summed E-state index contributed by atoms with van der Waals surface area (Å²) in [5, 5.41) is 6.20. The first kappa shape index (κ1) is 15.7. The highest BCUT2D eigenvalue weighted by molar-refractivity contribution is 5.81. The van der Waals surface area contributed by atoms with Gasteiger partial charge in [0.2, 0.25) is 0 Å². The summed E-state index contributed by atoms with van der Waals surface area (Å²) in [7, 11) is 4.71. The Balaban J connectivity index is 4.03. The molecular formula is C11H23N3O3. The van der Waals surface area contributed by atoms with Gasteiger partial charge >= 0.3 is 5.97 Å². The van der Waals surface area contributed by atoms with Crippen LogP contribution in [0.1, 0.15) is 13.8 Å². The summed E-state index contributed by atoms with van der Waals surface area (Å²) in [4.78, 5) is 15.2. The van der Waals surface area contributed by atoms with E-state index in [1.807, 2.05) is 6.92 Å². The normalized spacial score (nSPS) is 15.0. The second-order valence-electron chi connectivity index (χ2n) is 3.88. The molecule has 0 aromatic heterocycles. The number of carbonyl (C=O) groups excluding carboxylic acids is 1. The molecule has 2 unspecified atom stereocenters. The Morgan fingerprint density at radius 3 is 2.47 bits per heavy atom. The Labute approximate surface area is 103 Å². The maximum absolute atomic E-state index is 11.2. The smallest absolute Gasteiger partial charge is 0.310 e. The summed E-state index contributed by atoms with van der Waals surface area (Å²) in [5.41, 5.74) is 0. The number of hydrogen-bond acceptors (Lipinski definition) is 4. The molecule has 6 nitrogen and oxygen atoms in total. The fourth-order valence-corrected chi connectivity index (χ4v) is 1.25. The molecule has 17 heavy (non-hydrogen) atoms. The van der Waals surface area contributed by atoms with E-state index in [0.29, 0.717) is 19.1 Å². The van der Waals surface area contributed by atoms with Crippen LogP contribution in [-0.2, 0) is 14.3 Å². The third-order valence-electron chi connectivity index (χ3n) is 2.20. The summed E-state index contributed by atoms with van der Waals surface area (Å²) >= 11 is 0. The van der Waals surface area contributed by atoms with Crippen LogP contribution in [0.2, 0.25) is 0 Å². The number of nitrogens with one attached hydrogen (secondary N) is 2. The zero-order valence-corrected chi connectivity index (χ0v) is 11.2. The van der Waals surface area contributed by atoms with Gasteiger partial charge in [0.05, 0.1) is 19.6 Å². The van der Waals surface area contributed by atoms with E-state index >= 15 is 0 Å². The van der Waals surface area contributed by atoms with Crippen LogP contribution in [0.3, 0.4) is 0 Å². The summed E-state index contributed by atoms with van der Waals surface area (Å²) in [6, 6.07) is 0.152. The maximum Gasteiger partial charge on any atom is 0.310 e. The Morgan fingerprint density at radius 1 is 1.35 bits per heavy atom. The van der Waals surface area contributed by atoms with Gasteiger partial charge in [0, 0.05) is 26.7 Å². The van der Waals surface area contributed by atoms with Crippen molar-refractivity contribution in [2.75, 3.05) is 34.4 Å². The van der Waals surface area contributed by atoms with Crippen LogP contribution < -0.4 is 10.6 Å². The Hall–Kier alpha value is -1.30. The van der Waals surface area contributed by atoms with Crippen molar-refractivity contribution in [3.63, 3.8) is 0 Å². The zero-order chi connectivity index (χ0) is 13.3. The van der Waals surface area contributed by atoms with Crippen molar-refractivity contribution in [3.05, 3.63) is 0 Å². The zero-order valence-electron chi connectivity index (χ0n) is 11.2. The molecule has 0 saturated heterocycles. The molecule has 2 N–H and O–H groups in total. The van der Waals surface area contributed by atoms with Crippen molar-refractivity contribution < 1.29 is 14.3 Å². The lowest BCUT2D eigenvalue weighted by molar-refractivity contribution is -0.144. The fraction of sp³-hybridized carbons (Fsp3) is 0.818. The van der Waals surface area contributed by atoms with E-state index in [2.05, 4.69) is 20.4 Å². The van der Waals surface area contributed by atoms with Crippen LogP contribution in [-0.4, -0.2) is 52.4 Å². The third-order valence-corrected chi connectivity index (χ3v) is 2.20. The largest absolute Gasteiger partial charge is 0.469 e. The van der Waals surface area contributed by atoms with Gasteiger partial charge in [0.1, 0.15) is 0 Å². The van der Waals surface area contributed by atoms with Gasteiger partial charge in [-0.25, -0.2) is 0 Å². The molecule has 0 fully saturated rings. The minimum atomic E-state index is -0.238. The average molecular weight is 245 g/mol. The second-order valence-corrected chi connectivity index (χ2v) is 3.88. The highest BCUT2D eigenvalue weighted by Crippen LogP contribution is 1.95. The van der Waals surface area contributed by atoms with Crippen LogP contribution >= 0.6 is 0 Å². The quantitative estimate of drug-likeness (QED) is 0.391. The lowest BCUT2D eigenvalue weighted by Gasteiger charge is -2.18. The van der Waals surface area contributed by atoms with Crippen molar-refractivity contribution in [2.24, 2.45) is 10.9 Å². The maximum atomic E-state index is 11.2. The van der Waals surface area contributed by atoms with Crippen molar-refractivity contribution in [2.45, 2.75) is 19.9 Å².